The van der Waals surface area contributed by atoms with E-state index in [4.69, 9.17) is 9.97 Å². The topological polar surface area (TPSA) is 66.3 Å². The fourth-order valence-electron chi connectivity index (χ4n) is 3.60. The first-order chi connectivity index (χ1) is 12.6. The van der Waals surface area contributed by atoms with Crippen molar-refractivity contribution in [1.29, 1.82) is 0 Å². The lowest BCUT2D eigenvalue weighted by atomic mass is 9.95. The van der Waals surface area contributed by atoms with E-state index >= 15 is 0 Å². The molecule has 1 atom stereocenters. The molecule has 3 heterocycles. The lowest BCUT2D eigenvalue weighted by Gasteiger charge is -2.35. The van der Waals surface area contributed by atoms with Crippen LogP contribution in [0.5, 0.6) is 0 Å². The highest BCUT2D eigenvalue weighted by Gasteiger charge is 2.32. The van der Waals surface area contributed by atoms with Crippen LogP contribution in [0.25, 0.3) is 10.2 Å². The van der Waals surface area contributed by atoms with Crippen LogP contribution in [0.4, 0.5) is 0 Å². The van der Waals surface area contributed by atoms with E-state index < -0.39 is 5.97 Å². The molecule has 1 saturated heterocycles. The number of aromatic nitrogens is 2. The third-order valence-corrected chi connectivity index (χ3v) is 6.07. The Kier molecular flexibility index (Phi) is 4.70. The molecule has 0 spiro atoms. The maximum absolute atomic E-state index is 11.3. The van der Waals surface area contributed by atoms with Gasteiger partial charge in [0.2, 0.25) is 0 Å². The molecule has 0 aliphatic carbocycles. The summed E-state index contributed by atoms with van der Waals surface area (Å²) in [6.45, 7) is 3.48. The first kappa shape index (κ1) is 17.1. The average Bonchev–Trinajstić information content (AvgIpc) is 3.06. The molecule has 0 bridgehead atoms. The molecule has 1 aliphatic heterocycles. The van der Waals surface area contributed by atoms with Crippen molar-refractivity contribution in [1.82, 2.24) is 14.9 Å². The van der Waals surface area contributed by atoms with E-state index in [1.807, 2.05) is 43.3 Å². The fourth-order valence-corrected chi connectivity index (χ4v) is 4.71. The number of hydrogen-bond acceptors (Lipinski definition) is 5. The number of rotatable bonds is 4. The van der Waals surface area contributed by atoms with Crippen LogP contribution in [-0.4, -0.2) is 39.0 Å². The van der Waals surface area contributed by atoms with Crippen LogP contribution in [0.3, 0.4) is 0 Å². The van der Waals surface area contributed by atoms with Gasteiger partial charge >= 0.3 is 5.97 Å². The Hall–Kier alpha value is -2.31. The van der Waals surface area contributed by atoms with Gasteiger partial charge in [0.05, 0.1) is 21.8 Å². The van der Waals surface area contributed by atoms with Gasteiger partial charge in [0, 0.05) is 18.8 Å². The number of carbonyl (C=O) groups is 1. The maximum Gasteiger partial charge on any atom is 0.306 e. The van der Waals surface area contributed by atoms with Gasteiger partial charge in [-0.05, 0) is 44.0 Å². The van der Waals surface area contributed by atoms with E-state index in [2.05, 4.69) is 11.0 Å². The first-order valence-electron chi connectivity index (χ1n) is 8.87. The highest BCUT2D eigenvalue weighted by atomic mass is 32.1. The third-order valence-electron chi connectivity index (χ3n) is 4.98. The zero-order valence-corrected chi connectivity index (χ0v) is 15.4. The molecule has 134 valence electrons. The van der Waals surface area contributed by atoms with Crippen LogP contribution in [0.1, 0.15) is 35.3 Å². The molecule has 3 aromatic rings. The number of fused-ring (bicyclic) bond motifs is 1. The summed E-state index contributed by atoms with van der Waals surface area (Å²) < 4.78 is 1.17. The minimum Gasteiger partial charge on any atom is -0.481 e. The van der Waals surface area contributed by atoms with Gasteiger partial charge in [-0.15, -0.1) is 11.3 Å². The summed E-state index contributed by atoms with van der Waals surface area (Å²) in [6.07, 6.45) is 1.34. The summed E-state index contributed by atoms with van der Waals surface area (Å²) in [7, 11) is 0. The van der Waals surface area contributed by atoms with Crippen molar-refractivity contribution >= 4 is 27.5 Å². The molecule has 2 aromatic heterocycles. The van der Waals surface area contributed by atoms with Crippen LogP contribution >= 0.6 is 11.3 Å². The number of para-hydroxylation sites is 1. The quantitative estimate of drug-likeness (QED) is 0.758. The molecule has 1 N–H and O–H groups in total. The Morgan fingerprint density at radius 1 is 1.15 bits per heavy atom. The van der Waals surface area contributed by atoms with Crippen molar-refractivity contribution in [2.24, 2.45) is 5.92 Å². The fraction of sp³-hybridized carbons (Fsp3) is 0.350. The minimum absolute atomic E-state index is 0.0259. The predicted octanol–water partition coefficient (Wildman–Crippen LogP) is 3.89. The number of carboxylic acids is 1. The number of carboxylic acid groups (broad SMARTS) is 1. The molecule has 0 saturated carbocycles. The summed E-state index contributed by atoms with van der Waals surface area (Å²) in [5.41, 5.74) is 2.97. The second-order valence-corrected chi connectivity index (χ2v) is 7.84. The highest BCUT2D eigenvalue weighted by molar-refractivity contribution is 7.18. The smallest absolute Gasteiger partial charge is 0.306 e. The lowest BCUT2D eigenvalue weighted by molar-refractivity contribution is -0.143. The molecule has 1 fully saturated rings. The normalized spacial score (nSPS) is 17.4. The molecule has 1 aliphatic rings. The van der Waals surface area contributed by atoms with Crippen LogP contribution in [-0.2, 0) is 4.79 Å². The number of aliphatic carboxylic acids is 1. The van der Waals surface area contributed by atoms with Gasteiger partial charge in [0.25, 0.3) is 0 Å². The average molecular weight is 367 g/mol. The monoisotopic (exact) mass is 367 g/mol. The van der Waals surface area contributed by atoms with Crippen LogP contribution < -0.4 is 0 Å². The maximum atomic E-state index is 11.3. The Balaban J connectivity index is 1.71. The second-order valence-electron chi connectivity index (χ2n) is 6.77. The molecule has 5 nitrogen and oxygen atoms in total. The van der Waals surface area contributed by atoms with Gasteiger partial charge in [-0.1, -0.05) is 18.2 Å². The van der Waals surface area contributed by atoms with E-state index in [1.165, 1.54) is 4.70 Å². The van der Waals surface area contributed by atoms with Crippen molar-refractivity contribution in [2.75, 3.05) is 13.1 Å². The van der Waals surface area contributed by atoms with E-state index in [1.54, 1.807) is 11.3 Å². The molecule has 1 aromatic carbocycles. The molecule has 6 heteroatoms. The standard InChI is InChI=1S/C20H21N3O2S/c1-13-5-4-7-16(21-13)18(23-11-9-14(10-12-23)20(24)25)19-22-15-6-2-3-8-17(15)26-19/h2-8,14,18H,9-12H2,1H3,(H,24,25). The number of nitrogens with zero attached hydrogens (tertiary/aromatic N) is 3. The highest BCUT2D eigenvalue weighted by Crippen LogP contribution is 2.35. The van der Waals surface area contributed by atoms with Gasteiger partial charge in [-0.2, -0.15) is 0 Å². The number of thiazole rings is 1. The number of pyridine rings is 1. The van der Waals surface area contributed by atoms with Crippen LogP contribution in [0.2, 0.25) is 0 Å². The summed E-state index contributed by atoms with van der Waals surface area (Å²) in [5, 5.41) is 10.3. The number of hydrogen-bond donors (Lipinski definition) is 1. The van der Waals surface area contributed by atoms with E-state index in [9.17, 15) is 9.90 Å². The Morgan fingerprint density at radius 3 is 2.62 bits per heavy atom. The van der Waals surface area contributed by atoms with Crippen LogP contribution in [0.15, 0.2) is 42.5 Å². The molecule has 0 radical (unpaired) electrons. The third kappa shape index (κ3) is 3.34. The van der Waals surface area contributed by atoms with Crippen molar-refractivity contribution in [3.8, 4) is 0 Å². The van der Waals surface area contributed by atoms with E-state index in [0.29, 0.717) is 12.8 Å². The molecular weight excluding hydrogens is 346 g/mol. The Labute approximate surface area is 156 Å². The van der Waals surface area contributed by atoms with Crippen LogP contribution in [0, 0.1) is 12.8 Å². The summed E-state index contributed by atoms with van der Waals surface area (Å²) in [5.74, 6) is -0.928. The van der Waals surface area contributed by atoms with Gasteiger partial charge in [0.1, 0.15) is 11.0 Å². The molecule has 26 heavy (non-hydrogen) atoms. The van der Waals surface area contributed by atoms with Gasteiger partial charge in [-0.3, -0.25) is 14.7 Å². The van der Waals surface area contributed by atoms with Crippen molar-refractivity contribution < 1.29 is 9.90 Å². The number of aryl methyl sites for hydroxylation is 1. The summed E-state index contributed by atoms with van der Waals surface area (Å²) >= 11 is 1.70. The zero-order valence-electron chi connectivity index (χ0n) is 14.6. The molecule has 4 rings (SSSR count). The Morgan fingerprint density at radius 2 is 1.92 bits per heavy atom. The van der Waals surface area contributed by atoms with Crippen molar-refractivity contribution in [3.05, 3.63) is 58.9 Å². The lowest BCUT2D eigenvalue weighted by Crippen LogP contribution is -2.39. The Bertz CT molecular complexity index is 898. The number of benzene rings is 1. The second kappa shape index (κ2) is 7.13. The van der Waals surface area contributed by atoms with E-state index in [0.717, 1.165) is 35.0 Å². The SMILES string of the molecule is Cc1cccc(C(c2nc3ccccc3s2)N2CCC(C(=O)O)CC2)n1. The predicted molar refractivity (Wildman–Crippen MR) is 102 cm³/mol. The van der Waals surface area contributed by atoms with E-state index in [-0.39, 0.29) is 12.0 Å². The summed E-state index contributed by atoms with van der Waals surface area (Å²) in [6, 6.07) is 14.2. The summed E-state index contributed by atoms with van der Waals surface area (Å²) in [4.78, 5) is 23.3. The van der Waals surface area contributed by atoms with Gasteiger partial charge < -0.3 is 5.11 Å². The number of likely N-dealkylation sites (tertiary alicyclic amines) is 1. The largest absolute Gasteiger partial charge is 0.481 e. The minimum atomic E-state index is -0.685. The van der Waals surface area contributed by atoms with Crippen molar-refractivity contribution in [3.63, 3.8) is 0 Å². The van der Waals surface area contributed by atoms with Crippen molar-refractivity contribution in [2.45, 2.75) is 25.8 Å². The number of piperidine rings is 1. The van der Waals surface area contributed by atoms with Gasteiger partial charge in [0.15, 0.2) is 0 Å². The zero-order chi connectivity index (χ0) is 18.1. The van der Waals surface area contributed by atoms with Gasteiger partial charge in [-0.25, -0.2) is 4.98 Å². The first-order valence-corrected chi connectivity index (χ1v) is 9.69. The molecule has 0 amide bonds. The molecule has 1 unspecified atom stereocenters. The molecular formula is C20H21N3O2S.